The molecule has 1 aromatic carbocycles. The Bertz CT molecular complexity index is 709. The number of benzene rings is 1. The van der Waals surface area contributed by atoms with Crippen LogP contribution in [0.3, 0.4) is 0 Å². The second-order valence-electron chi connectivity index (χ2n) is 3.71. The first-order chi connectivity index (χ1) is 8.81. The highest BCUT2D eigenvalue weighted by atomic mass is 79.9. The van der Waals surface area contributed by atoms with E-state index < -0.39 is 15.8 Å². The van der Waals surface area contributed by atoms with E-state index in [9.17, 15) is 12.8 Å². The summed E-state index contributed by atoms with van der Waals surface area (Å²) in [5.74, 6) is -0.570. The van der Waals surface area contributed by atoms with Gasteiger partial charge in [-0.3, -0.25) is 9.82 Å². The fraction of sp³-hybridized carbons (Fsp3) is 0.100. The molecular weight excluding hydrogens is 361 g/mol. The molecule has 0 unspecified atom stereocenters. The van der Waals surface area contributed by atoms with Gasteiger partial charge in [-0.15, -0.1) is 0 Å². The Morgan fingerprint density at radius 3 is 2.68 bits per heavy atom. The molecule has 1 heterocycles. The van der Waals surface area contributed by atoms with Crippen molar-refractivity contribution in [2.45, 2.75) is 11.8 Å². The van der Waals surface area contributed by atoms with Crippen LogP contribution >= 0.6 is 27.5 Å². The predicted octanol–water partition coefficient (Wildman–Crippen LogP) is 3.07. The van der Waals surface area contributed by atoms with Gasteiger partial charge in [0.05, 0.1) is 22.6 Å². The molecule has 2 aromatic rings. The minimum atomic E-state index is -3.84. The molecule has 0 aliphatic carbocycles. The van der Waals surface area contributed by atoms with Gasteiger partial charge in [-0.2, -0.15) is 5.10 Å². The molecule has 2 N–H and O–H groups in total. The molecule has 1 aromatic heterocycles. The van der Waals surface area contributed by atoms with Crippen LogP contribution in [-0.4, -0.2) is 18.6 Å². The van der Waals surface area contributed by atoms with Gasteiger partial charge in [-0.05, 0) is 35.0 Å². The highest BCUT2D eigenvalue weighted by Gasteiger charge is 2.21. The van der Waals surface area contributed by atoms with Crippen molar-refractivity contribution in [1.82, 2.24) is 10.2 Å². The summed E-state index contributed by atoms with van der Waals surface area (Å²) in [6.45, 7) is 1.57. The lowest BCUT2D eigenvalue weighted by molar-refractivity contribution is 0.600. The van der Waals surface area contributed by atoms with Crippen LogP contribution in [0.5, 0.6) is 0 Å². The van der Waals surface area contributed by atoms with Crippen molar-refractivity contribution in [3.05, 3.63) is 39.3 Å². The van der Waals surface area contributed by atoms with E-state index in [1.54, 1.807) is 6.92 Å². The van der Waals surface area contributed by atoms with Crippen LogP contribution in [-0.2, 0) is 10.0 Å². The van der Waals surface area contributed by atoms with E-state index in [1.807, 2.05) is 0 Å². The first-order valence-electron chi connectivity index (χ1n) is 4.98. The molecule has 9 heteroatoms. The van der Waals surface area contributed by atoms with Gasteiger partial charge in [0.15, 0.2) is 0 Å². The maximum Gasteiger partial charge on any atom is 0.265 e. The van der Waals surface area contributed by atoms with Gasteiger partial charge >= 0.3 is 0 Å². The quantitative estimate of drug-likeness (QED) is 0.874. The molecule has 19 heavy (non-hydrogen) atoms. The van der Waals surface area contributed by atoms with Crippen LogP contribution in [0.25, 0.3) is 0 Å². The van der Waals surface area contributed by atoms with E-state index in [1.165, 1.54) is 6.20 Å². The minimum Gasteiger partial charge on any atom is -0.281 e. The number of hydrogen-bond donors (Lipinski definition) is 2. The van der Waals surface area contributed by atoms with Gasteiger partial charge in [0.2, 0.25) is 0 Å². The number of rotatable bonds is 3. The first kappa shape index (κ1) is 14.3. The Kier molecular flexibility index (Phi) is 3.84. The van der Waals surface area contributed by atoms with Gasteiger partial charge in [0.1, 0.15) is 10.7 Å². The second-order valence-corrected chi connectivity index (χ2v) is 6.62. The van der Waals surface area contributed by atoms with E-state index in [0.717, 1.165) is 12.1 Å². The molecule has 0 aliphatic rings. The van der Waals surface area contributed by atoms with E-state index in [0.29, 0.717) is 5.69 Å². The largest absolute Gasteiger partial charge is 0.281 e. The van der Waals surface area contributed by atoms with Crippen molar-refractivity contribution in [1.29, 1.82) is 0 Å². The molecule has 0 saturated heterocycles. The van der Waals surface area contributed by atoms with Crippen LogP contribution < -0.4 is 4.72 Å². The first-order valence-corrected chi connectivity index (χ1v) is 7.64. The lowest BCUT2D eigenvalue weighted by Crippen LogP contribution is -2.14. The summed E-state index contributed by atoms with van der Waals surface area (Å²) < 4.78 is 39.8. The molecule has 0 bridgehead atoms. The summed E-state index contributed by atoms with van der Waals surface area (Å²) in [6.07, 6.45) is 1.18. The van der Waals surface area contributed by atoms with E-state index in [4.69, 9.17) is 11.6 Å². The maximum atomic E-state index is 13.1. The van der Waals surface area contributed by atoms with Crippen molar-refractivity contribution in [2.75, 3.05) is 4.72 Å². The zero-order valence-corrected chi connectivity index (χ0v) is 12.7. The zero-order chi connectivity index (χ0) is 14.2. The smallest absolute Gasteiger partial charge is 0.265 e. The summed E-state index contributed by atoms with van der Waals surface area (Å²) in [5.41, 5.74) is 0.463. The number of hydrogen-bond acceptors (Lipinski definition) is 3. The molecule has 0 radical (unpaired) electrons. The minimum absolute atomic E-state index is 0.000193. The van der Waals surface area contributed by atoms with Crippen LogP contribution in [0.4, 0.5) is 10.1 Å². The van der Waals surface area contributed by atoms with Gasteiger partial charge in [-0.1, -0.05) is 11.6 Å². The van der Waals surface area contributed by atoms with Crippen LogP contribution in [0.2, 0.25) is 5.02 Å². The fourth-order valence-electron chi connectivity index (χ4n) is 1.44. The highest BCUT2D eigenvalue weighted by Crippen LogP contribution is 2.33. The summed E-state index contributed by atoms with van der Waals surface area (Å²) in [6, 6.07) is 2.14. The number of nitrogens with one attached hydrogen (secondary N) is 2. The third-order valence-electron chi connectivity index (χ3n) is 2.32. The Hall–Kier alpha value is -1.12. The summed E-state index contributed by atoms with van der Waals surface area (Å²) >= 11 is 8.88. The van der Waals surface area contributed by atoms with Crippen molar-refractivity contribution in [3.8, 4) is 0 Å². The Balaban J connectivity index is 2.45. The Morgan fingerprint density at radius 2 is 2.16 bits per heavy atom. The number of halogens is 3. The molecular formula is C10H8BrClFN3O2S. The second kappa shape index (κ2) is 5.10. The van der Waals surface area contributed by atoms with Crippen molar-refractivity contribution < 1.29 is 12.8 Å². The lowest BCUT2D eigenvalue weighted by atomic mass is 10.3. The monoisotopic (exact) mass is 367 g/mol. The maximum absolute atomic E-state index is 13.1. The SMILES string of the molecule is Cc1[nH]ncc1S(=O)(=O)Nc1c(Cl)cc(F)cc1Br. The Morgan fingerprint density at radius 1 is 1.47 bits per heavy atom. The third-order valence-corrected chi connectivity index (χ3v) is 4.70. The standard InChI is InChI=1S/C10H8BrClFN3O2S/c1-5-9(4-14-15-5)19(17,18)16-10-7(11)2-6(13)3-8(10)12/h2-4,16H,1H3,(H,14,15). The van der Waals surface area contributed by atoms with E-state index >= 15 is 0 Å². The topological polar surface area (TPSA) is 74.8 Å². The van der Waals surface area contributed by atoms with Gasteiger partial charge < -0.3 is 0 Å². The summed E-state index contributed by atoms with van der Waals surface area (Å²) in [5, 5.41) is 6.12. The number of sulfonamides is 1. The molecule has 0 atom stereocenters. The average molecular weight is 369 g/mol. The molecule has 2 rings (SSSR count). The molecule has 0 fully saturated rings. The number of aromatic amines is 1. The zero-order valence-electron chi connectivity index (χ0n) is 9.54. The number of aromatic nitrogens is 2. The number of anilines is 1. The van der Waals surface area contributed by atoms with Gasteiger partial charge in [0, 0.05) is 4.47 Å². The number of H-pyrrole nitrogens is 1. The van der Waals surface area contributed by atoms with E-state index in [2.05, 4.69) is 30.8 Å². The Labute approximate surface area is 122 Å². The molecule has 0 saturated carbocycles. The van der Waals surface area contributed by atoms with Crippen LogP contribution in [0.1, 0.15) is 5.69 Å². The van der Waals surface area contributed by atoms with E-state index in [-0.39, 0.29) is 20.1 Å². The molecule has 102 valence electrons. The predicted molar refractivity (Wildman–Crippen MR) is 73.2 cm³/mol. The average Bonchev–Trinajstić information content (AvgIpc) is 2.70. The third kappa shape index (κ3) is 2.90. The van der Waals surface area contributed by atoms with Gasteiger partial charge in [-0.25, -0.2) is 12.8 Å². The summed E-state index contributed by atoms with van der Waals surface area (Å²) in [7, 11) is -3.84. The summed E-state index contributed by atoms with van der Waals surface area (Å²) in [4.78, 5) is -0.000193. The lowest BCUT2D eigenvalue weighted by Gasteiger charge is -2.11. The molecule has 0 aliphatic heterocycles. The van der Waals surface area contributed by atoms with Crippen molar-refractivity contribution in [3.63, 3.8) is 0 Å². The van der Waals surface area contributed by atoms with Crippen molar-refractivity contribution >= 4 is 43.2 Å². The number of aryl methyl sites for hydroxylation is 1. The molecule has 0 spiro atoms. The highest BCUT2D eigenvalue weighted by molar-refractivity contribution is 9.10. The van der Waals surface area contributed by atoms with Crippen molar-refractivity contribution in [2.24, 2.45) is 0 Å². The molecule has 5 nitrogen and oxygen atoms in total. The fourth-order valence-corrected chi connectivity index (χ4v) is 3.76. The molecule has 0 amide bonds. The van der Waals surface area contributed by atoms with Crippen LogP contribution in [0.15, 0.2) is 27.7 Å². The normalized spacial score (nSPS) is 11.6. The van der Waals surface area contributed by atoms with Crippen LogP contribution in [0, 0.1) is 12.7 Å². The number of nitrogens with zero attached hydrogens (tertiary/aromatic N) is 1. The van der Waals surface area contributed by atoms with Gasteiger partial charge in [0.25, 0.3) is 10.0 Å².